The highest BCUT2D eigenvalue weighted by Crippen LogP contribution is 2.23. The van der Waals surface area contributed by atoms with Crippen LogP contribution in [0, 0.1) is 0 Å². The Labute approximate surface area is 340 Å². The molecule has 0 saturated carbocycles. The molecule has 1 saturated heterocycles. The third-order valence-electron chi connectivity index (χ3n) is 10.3. The van der Waals surface area contributed by atoms with Gasteiger partial charge < -0.3 is 39.4 Å². The van der Waals surface area contributed by atoms with Gasteiger partial charge in [0.05, 0.1) is 13.2 Å². The summed E-state index contributed by atoms with van der Waals surface area (Å²) in [5.74, 6) is -0.821. The van der Waals surface area contributed by atoms with Crippen molar-refractivity contribution in [3.05, 3.63) is 36.5 Å². The van der Waals surface area contributed by atoms with Crippen molar-refractivity contribution in [2.45, 2.75) is 224 Å². The van der Waals surface area contributed by atoms with Gasteiger partial charge in [-0.15, -0.1) is 0 Å². The van der Waals surface area contributed by atoms with E-state index in [1.807, 2.05) is 0 Å². The maximum absolute atomic E-state index is 12.8. The molecule has 0 radical (unpaired) electrons. The Morgan fingerprint density at radius 3 is 1.59 bits per heavy atom. The van der Waals surface area contributed by atoms with E-state index >= 15 is 0 Å². The van der Waals surface area contributed by atoms with E-state index in [4.69, 9.17) is 18.9 Å². The molecule has 6 atom stereocenters. The van der Waals surface area contributed by atoms with Gasteiger partial charge >= 0.3 is 11.9 Å². The molecule has 56 heavy (non-hydrogen) atoms. The van der Waals surface area contributed by atoms with E-state index in [-0.39, 0.29) is 26.1 Å². The van der Waals surface area contributed by atoms with Gasteiger partial charge in [0.2, 0.25) is 0 Å². The average Bonchev–Trinajstić information content (AvgIpc) is 3.19. The van der Waals surface area contributed by atoms with E-state index < -0.39 is 55.4 Å². The van der Waals surface area contributed by atoms with Gasteiger partial charge in [-0.2, -0.15) is 0 Å². The monoisotopic (exact) mass is 795 g/mol. The van der Waals surface area contributed by atoms with E-state index in [2.05, 4.69) is 50.3 Å². The van der Waals surface area contributed by atoms with Crippen LogP contribution in [0.25, 0.3) is 0 Å². The Hall–Kier alpha value is -2.08. The first-order chi connectivity index (χ1) is 27.3. The first-order valence-corrected chi connectivity index (χ1v) is 22.6. The van der Waals surface area contributed by atoms with Crippen molar-refractivity contribution in [2.24, 2.45) is 0 Å². The Kier molecular flexibility index (Phi) is 34.5. The third-order valence-corrected chi connectivity index (χ3v) is 10.3. The molecule has 0 aromatic rings. The normalized spacial score (nSPS) is 20.7. The number of carbonyl (C=O) groups is 2. The molecular formula is C46H82O10. The second kappa shape index (κ2) is 37.2. The summed E-state index contributed by atoms with van der Waals surface area (Å²) < 4.78 is 22.1. The van der Waals surface area contributed by atoms with Crippen LogP contribution in [0.4, 0.5) is 0 Å². The average molecular weight is 795 g/mol. The number of esters is 2. The molecule has 1 fully saturated rings. The molecule has 1 heterocycles. The van der Waals surface area contributed by atoms with Gasteiger partial charge in [0.1, 0.15) is 31.0 Å². The lowest BCUT2D eigenvalue weighted by molar-refractivity contribution is -0.305. The summed E-state index contributed by atoms with van der Waals surface area (Å²) in [5, 5.41) is 40.1. The predicted molar refractivity (Wildman–Crippen MR) is 224 cm³/mol. The molecule has 1 aliphatic heterocycles. The Morgan fingerprint density at radius 2 is 1.05 bits per heavy atom. The summed E-state index contributed by atoms with van der Waals surface area (Å²) in [4.78, 5) is 25.3. The maximum Gasteiger partial charge on any atom is 0.306 e. The molecule has 0 aliphatic carbocycles. The van der Waals surface area contributed by atoms with Crippen molar-refractivity contribution in [3.63, 3.8) is 0 Å². The number of aliphatic hydroxyl groups excluding tert-OH is 4. The van der Waals surface area contributed by atoms with Gasteiger partial charge in [0, 0.05) is 12.8 Å². The fourth-order valence-electron chi connectivity index (χ4n) is 6.73. The van der Waals surface area contributed by atoms with Crippen molar-refractivity contribution < 1.29 is 49.0 Å². The highest BCUT2D eigenvalue weighted by molar-refractivity contribution is 5.70. The first kappa shape index (κ1) is 51.9. The fraction of sp³-hybridized carbons (Fsp3) is 0.826. The van der Waals surface area contributed by atoms with Crippen LogP contribution in [0.2, 0.25) is 0 Å². The molecule has 10 heteroatoms. The minimum Gasteiger partial charge on any atom is -0.462 e. The van der Waals surface area contributed by atoms with E-state index in [1.165, 1.54) is 77.0 Å². The topological polar surface area (TPSA) is 152 Å². The SMILES string of the molecule is CC/C=C/C/C=C/C/C=C/CCCCCCCC(=O)OC[C@H](CO[C@@H]1O[C@H](CO)[C@H](O)C(O)C1O)OC(=O)CCCCCCCCCCCCCCCCCC. The van der Waals surface area contributed by atoms with Crippen LogP contribution in [-0.2, 0) is 28.5 Å². The largest absolute Gasteiger partial charge is 0.462 e. The summed E-state index contributed by atoms with van der Waals surface area (Å²) in [6.07, 6.45) is 34.3. The van der Waals surface area contributed by atoms with Crippen LogP contribution in [0.15, 0.2) is 36.5 Å². The molecule has 1 aliphatic rings. The van der Waals surface area contributed by atoms with Gasteiger partial charge in [-0.3, -0.25) is 9.59 Å². The van der Waals surface area contributed by atoms with E-state index in [0.717, 1.165) is 70.6 Å². The summed E-state index contributed by atoms with van der Waals surface area (Å²) >= 11 is 0. The lowest BCUT2D eigenvalue weighted by atomic mass is 9.99. The number of hydrogen-bond acceptors (Lipinski definition) is 10. The number of rotatable bonds is 37. The predicted octanol–water partition coefficient (Wildman–Crippen LogP) is 9.50. The van der Waals surface area contributed by atoms with Crippen LogP contribution in [0.5, 0.6) is 0 Å². The molecule has 0 aromatic carbocycles. The lowest BCUT2D eigenvalue weighted by Crippen LogP contribution is -2.59. The van der Waals surface area contributed by atoms with Crippen molar-refractivity contribution in [3.8, 4) is 0 Å². The lowest BCUT2D eigenvalue weighted by Gasteiger charge is -2.39. The minimum atomic E-state index is -1.60. The summed E-state index contributed by atoms with van der Waals surface area (Å²) in [6.45, 7) is 3.30. The Morgan fingerprint density at radius 1 is 0.571 bits per heavy atom. The van der Waals surface area contributed by atoms with Crippen LogP contribution in [0.3, 0.4) is 0 Å². The van der Waals surface area contributed by atoms with Gasteiger partial charge in [-0.1, -0.05) is 166 Å². The van der Waals surface area contributed by atoms with E-state index in [1.54, 1.807) is 0 Å². The standard InChI is InChI=1S/C46H82O10/c1-3-5-7-9-11-13-15-17-19-21-23-25-27-29-31-33-35-42(49)55-39(38-54-46-45(52)44(51)43(50)40(36-47)56-46)37-53-41(48)34-32-30-28-26-24-22-20-18-16-14-12-10-8-6-4-2/h6,8,12,14,18,20,39-40,43-47,50-52H,3-5,7,9-11,13,15-17,19,21-38H2,1-2H3/b8-6+,14-12+,20-18+/t39-,40-,43+,44?,45?,46-/m1/s1. The van der Waals surface area contributed by atoms with Crippen molar-refractivity contribution >= 4 is 11.9 Å². The second-order valence-corrected chi connectivity index (χ2v) is 15.5. The fourth-order valence-corrected chi connectivity index (χ4v) is 6.73. The van der Waals surface area contributed by atoms with Crippen molar-refractivity contribution in [1.29, 1.82) is 0 Å². The van der Waals surface area contributed by atoms with Gasteiger partial charge in [0.15, 0.2) is 12.4 Å². The highest BCUT2D eigenvalue weighted by atomic mass is 16.7. The smallest absolute Gasteiger partial charge is 0.306 e. The summed E-state index contributed by atoms with van der Waals surface area (Å²) in [6, 6.07) is 0. The number of carbonyl (C=O) groups excluding carboxylic acids is 2. The Bertz CT molecular complexity index is 1010. The molecular weight excluding hydrogens is 712 g/mol. The number of unbranched alkanes of at least 4 members (excludes halogenated alkanes) is 20. The summed E-state index contributed by atoms with van der Waals surface area (Å²) in [7, 11) is 0. The molecule has 0 spiro atoms. The molecule has 2 unspecified atom stereocenters. The van der Waals surface area contributed by atoms with Crippen molar-refractivity contribution in [2.75, 3.05) is 19.8 Å². The molecule has 0 bridgehead atoms. The number of allylic oxidation sites excluding steroid dienone is 6. The molecule has 326 valence electrons. The second-order valence-electron chi connectivity index (χ2n) is 15.5. The first-order valence-electron chi connectivity index (χ1n) is 22.6. The molecule has 10 nitrogen and oxygen atoms in total. The van der Waals surface area contributed by atoms with E-state index in [0.29, 0.717) is 12.8 Å². The number of hydrogen-bond donors (Lipinski definition) is 4. The zero-order chi connectivity index (χ0) is 40.9. The van der Waals surface area contributed by atoms with Gasteiger partial charge in [-0.25, -0.2) is 0 Å². The van der Waals surface area contributed by atoms with Crippen molar-refractivity contribution in [1.82, 2.24) is 0 Å². The zero-order valence-corrected chi connectivity index (χ0v) is 35.4. The molecule has 0 amide bonds. The number of aliphatic hydroxyl groups is 4. The molecule has 0 aromatic heterocycles. The van der Waals surface area contributed by atoms with Crippen LogP contribution in [0.1, 0.15) is 187 Å². The minimum absolute atomic E-state index is 0.224. The van der Waals surface area contributed by atoms with Gasteiger partial charge in [0.25, 0.3) is 0 Å². The van der Waals surface area contributed by atoms with Crippen LogP contribution in [-0.4, -0.2) is 89.0 Å². The molecule has 1 rings (SSSR count). The highest BCUT2D eigenvalue weighted by Gasteiger charge is 2.44. The summed E-state index contributed by atoms with van der Waals surface area (Å²) in [5.41, 5.74) is 0. The third kappa shape index (κ3) is 28.3. The zero-order valence-electron chi connectivity index (χ0n) is 35.4. The van der Waals surface area contributed by atoms with E-state index in [9.17, 15) is 30.0 Å². The van der Waals surface area contributed by atoms with Crippen LogP contribution >= 0.6 is 0 Å². The molecule has 4 N–H and O–H groups in total. The maximum atomic E-state index is 12.8. The van der Waals surface area contributed by atoms with Crippen LogP contribution < -0.4 is 0 Å². The van der Waals surface area contributed by atoms with Gasteiger partial charge in [-0.05, 0) is 44.9 Å². The number of ether oxygens (including phenoxy) is 4. The quantitative estimate of drug-likeness (QED) is 0.0272. The Balaban J connectivity index is 2.33.